The molecule has 1 aliphatic rings. The minimum atomic E-state index is -0.724. The maximum Gasteiger partial charge on any atom is 0.340 e. The molecule has 1 N–H and O–H groups in total. The predicted octanol–water partition coefficient (Wildman–Crippen LogP) is 2.22. The SMILES string of the molecule is COc1cc(NC(C)=O)c(C(=O)OCC(=O)N2CCCCC2C)cc1OC. The zero-order valence-electron chi connectivity index (χ0n) is 16.2. The highest BCUT2D eigenvalue weighted by Gasteiger charge is 2.25. The maximum atomic E-state index is 12.5. The van der Waals surface area contributed by atoms with Crippen LogP contribution in [0, 0.1) is 0 Å². The Morgan fingerprint density at radius 3 is 2.41 bits per heavy atom. The van der Waals surface area contributed by atoms with Crippen molar-refractivity contribution in [3.05, 3.63) is 17.7 Å². The molecular formula is C19H26N2O6. The monoisotopic (exact) mass is 378 g/mol. The first-order valence-electron chi connectivity index (χ1n) is 8.87. The van der Waals surface area contributed by atoms with E-state index >= 15 is 0 Å². The number of hydrogen-bond donors (Lipinski definition) is 1. The maximum absolute atomic E-state index is 12.5. The van der Waals surface area contributed by atoms with Gasteiger partial charge >= 0.3 is 5.97 Å². The van der Waals surface area contributed by atoms with Gasteiger partial charge in [-0.25, -0.2) is 4.79 Å². The highest BCUT2D eigenvalue weighted by Crippen LogP contribution is 2.33. The van der Waals surface area contributed by atoms with Crippen LogP contribution < -0.4 is 14.8 Å². The van der Waals surface area contributed by atoms with Crippen molar-refractivity contribution in [2.75, 3.05) is 32.7 Å². The Balaban J connectivity index is 2.16. The third-order valence-corrected chi connectivity index (χ3v) is 4.50. The van der Waals surface area contributed by atoms with Crippen LogP contribution in [0.5, 0.6) is 11.5 Å². The fourth-order valence-corrected chi connectivity index (χ4v) is 3.10. The molecule has 0 spiro atoms. The van der Waals surface area contributed by atoms with Crippen LogP contribution in [0.2, 0.25) is 0 Å². The molecule has 1 atom stereocenters. The Morgan fingerprint density at radius 1 is 1.15 bits per heavy atom. The number of ether oxygens (including phenoxy) is 3. The summed E-state index contributed by atoms with van der Waals surface area (Å²) in [4.78, 5) is 38.1. The molecule has 1 aromatic rings. The molecule has 148 valence electrons. The normalized spacial score (nSPS) is 16.4. The Morgan fingerprint density at radius 2 is 1.81 bits per heavy atom. The van der Waals surface area contributed by atoms with Gasteiger partial charge in [0, 0.05) is 31.6 Å². The summed E-state index contributed by atoms with van der Waals surface area (Å²) in [6.07, 6.45) is 2.99. The average molecular weight is 378 g/mol. The van der Waals surface area contributed by atoms with Crippen LogP contribution in [0.25, 0.3) is 0 Å². The van der Waals surface area contributed by atoms with Crippen LogP contribution >= 0.6 is 0 Å². The number of amides is 2. The lowest BCUT2D eigenvalue weighted by molar-refractivity contribution is -0.137. The molecule has 1 aromatic carbocycles. The lowest BCUT2D eigenvalue weighted by atomic mass is 10.0. The van der Waals surface area contributed by atoms with Gasteiger partial charge in [-0.3, -0.25) is 9.59 Å². The van der Waals surface area contributed by atoms with Crippen molar-refractivity contribution in [2.24, 2.45) is 0 Å². The summed E-state index contributed by atoms with van der Waals surface area (Å²) in [5, 5.41) is 2.57. The summed E-state index contributed by atoms with van der Waals surface area (Å²) in [7, 11) is 2.89. The van der Waals surface area contributed by atoms with Crippen LogP contribution in [0.1, 0.15) is 43.5 Å². The first-order chi connectivity index (χ1) is 12.9. The largest absolute Gasteiger partial charge is 0.493 e. The number of nitrogens with zero attached hydrogens (tertiary/aromatic N) is 1. The minimum Gasteiger partial charge on any atom is -0.493 e. The summed E-state index contributed by atoms with van der Waals surface area (Å²) in [5.41, 5.74) is 0.311. The smallest absolute Gasteiger partial charge is 0.340 e. The molecule has 1 saturated heterocycles. The number of hydrogen-bond acceptors (Lipinski definition) is 6. The molecule has 2 rings (SSSR count). The van der Waals surface area contributed by atoms with E-state index in [2.05, 4.69) is 5.32 Å². The van der Waals surface area contributed by atoms with Crippen LogP contribution in [0.15, 0.2) is 12.1 Å². The van der Waals surface area contributed by atoms with Crippen LogP contribution in [0.3, 0.4) is 0 Å². The summed E-state index contributed by atoms with van der Waals surface area (Å²) >= 11 is 0. The Kier molecular flexibility index (Phi) is 7.04. The van der Waals surface area contributed by atoms with Gasteiger partial charge < -0.3 is 24.4 Å². The standard InChI is InChI=1S/C19H26N2O6/c1-12-7-5-6-8-21(12)18(23)11-27-19(24)14-9-16(25-3)17(26-4)10-15(14)20-13(2)22/h9-10,12H,5-8,11H2,1-4H3,(H,20,22). The molecule has 1 aliphatic heterocycles. The second kappa shape index (κ2) is 9.25. The van der Waals surface area contributed by atoms with Gasteiger partial charge in [0.15, 0.2) is 18.1 Å². The van der Waals surface area contributed by atoms with Crippen LogP contribution in [0.4, 0.5) is 5.69 Å². The number of carbonyl (C=O) groups is 3. The minimum absolute atomic E-state index is 0.0855. The Hall–Kier alpha value is -2.77. The first kappa shape index (κ1) is 20.5. The van der Waals surface area contributed by atoms with E-state index < -0.39 is 5.97 Å². The predicted molar refractivity (Wildman–Crippen MR) is 99.2 cm³/mol. The second-order valence-corrected chi connectivity index (χ2v) is 6.44. The number of nitrogens with one attached hydrogen (secondary N) is 1. The highest BCUT2D eigenvalue weighted by atomic mass is 16.5. The molecule has 1 fully saturated rings. The van der Waals surface area contributed by atoms with Crippen molar-refractivity contribution in [1.82, 2.24) is 4.90 Å². The van der Waals surface area contributed by atoms with E-state index in [0.717, 1.165) is 19.3 Å². The van der Waals surface area contributed by atoms with E-state index in [4.69, 9.17) is 14.2 Å². The molecule has 2 amide bonds. The van der Waals surface area contributed by atoms with Crippen molar-refractivity contribution in [3.8, 4) is 11.5 Å². The van der Waals surface area contributed by atoms with E-state index in [-0.39, 0.29) is 35.7 Å². The zero-order chi connectivity index (χ0) is 20.0. The molecular weight excluding hydrogens is 352 g/mol. The van der Waals surface area contributed by atoms with Gasteiger partial charge in [-0.1, -0.05) is 0 Å². The summed E-state index contributed by atoms with van der Waals surface area (Å²) in [5.74, 6) is -0.630. The fourth-order valence-electron chi connectivity index (χ4n) is 3.10. The number of likely N-dealkylation sites (tertiary alicyclic amines) is 1. The quantitative estimate of drug-likeness (QED) is 0.763. The second-order valence-electron chi connectivity index (χ2n) is 6.44. The number of anilines is 1. The van der Waals surface area contributed by atoms with Crippen molar-refractivity contribution in [2.45, 2.75) is 39.2 Å². The van der Waals surface area contributed by atoms with E-state index in [1.165, 1.54) is 33.3 Å². The number of carbonyl (C=O) groups excluding carboxylic acids is 3. The van der Waals surface area contributed by atoms with E-state index in [0.29, 0.717) is 18.0 Å². The van der Waals surface area contributed by atoms with Crippen molar-refractivity contribution >= 4 is 23.5 Å². The molecule has 0 saturated carbocycles. The Labute approximate surface area is 158 Å². The molecule has 0 bridgehead atoms. The third kappa shape index (κ3) is 5.12. The summed E-state index contributed by atoms with van der Waals surface area (Å²) in [6, 6.07) is 3.03. The number of piperidine rings is 1. The highest BCUT2D eigenvalue weighted by molar-refractivity contribution is 6.02. The van der Waals surface area contributed by atoms with Gasteiger partial charge in [0.05, 0.1) is 25.5 Å². The van der Waals surface area contributed by atoms with Gasteiger partial charge in [0.2, 0.25) is 5.91 Å². The van der Waals surface area contributed by atoms with Gasteiger partial charge in [0.25, 0.3) is 5.91 Å². The molecule has 1 heterocycles. The lowest BCUT2D eigenvalue weighted by Crippen LogP contribution is -2.44. The van der Waals surface area contributed by atoms with E-state index in [1.807, 2.05) is 6.92 Å². The van der Waals surface area contributed by atoms with Crippen molar-refractivity contribution in [3.63, 3.8) is 0 Å². The Bertz CT molecular complexity index is 718. The lowest BCUT2D eigenvalue weighted by Gasteiger charge is -2.33. The fraction of sp³-hybridized carbons (Fsp3) is 0.526. The zero-order valence-corrected chi connectivity index (χ0v) is 16.2. The van der Waals surface area contributed by atoms with Gasteiger partial charge in [-0.15, -0.1) is 0 Å². The molecule has 8 heteroatoms. The first-order valence-corrected chi connectivity index (χ1v) is 8.87. The molecule has 0 radical (unpaired) electrons. The summed E-state index contributed by atoms with van der Waals surface area (Å²) in [6.45, 7) is 3.64. The van der Waals surface area contributed by atoms with E-state index in [1.54, 1.807) is 4.90 Å². The van der Waals surface area contributed by atoms with Gasteiger partial charge in [-0.05, 0) is 26.2 Å². The van der Waals surface area contributed by atoms with Crippen LogP contribution in [-0.2, 0) is 14.3 Å². The third-order valence-electron chi connectivity index (χ3n) is 4.50. The number of benzene rings is 1. The number of methoxy groups -OCH3 is 2. The van der Waals surface area contributed by atoms with Crippen molar-refractivity contribution < 1.29 is 28.6 Å². The molecule has 8 nitrogen and oxygen atoms in total. The summed E-state index contributed by atoms with van der Waals surface area (Å²) < 4.78 is 15.6. The number of esters is 1. The molecule has 0 aromatic heterocycles. The van der Waals surface area contributed by atoms with Gasteiger partial charge in [0.1, 0.15) is 0 Å². The molecule has 1 unspecified atom stereocenters. The topological polar surface area (TPSA) is 94.2 Å². The van der Waals surface area contributed by atoms with Gasteiger partial charge in [-0.2, -0.15) is 0 Å². The van der Waals surface area contributed by atoms with E-state index in [9.17, 15) is 14.4 Å². The van der Waals surface area contributed by atoms with Crippen molar-refractivity contribution in [1.29, 1.82) is 0 Å². The van der Waals surface area contributed by atoms with Crippen LogP contribution in [-0.4, -0.2) is 56.1 Å². The average Bonchev–Trinajstić information content (AvgIpc) is 2.65. The number of rotatable bonds is 6. The molecule has 0 aliphatic carbocycles. The molecule has 27 heavy (non-hydrogen) atoms.